The molecule has 25 aromatic carbocycles. The monoisotopic (exact) mass is 1870 g/mol. The Bertz CT molecular complexity index is 11600. The van der Waals surface area contributed by atoms with Crippen molar-refractivity contribution in [1.82, 2.24) is 37.4 Å². The molecule has 0 bridgehead atoms. The smallest absolute Gasteiger partial charge is 0.235 e. The lowest BCUT2D eigenvalue weighted by molar-refractivity contribution is 0.669. The van der Waals surface area contributed by atoms with E-state index in [9.17, 15) is 0 Å². The maximum atomic E-state index is 6.61. The molecular weight excluding hydrogens is 1790 g/mol. The second-order valence-electron chi connectivity index (χ2n) is 39.8. The number of hydrogen-bond donors (Lipinski definition) is 0. The lowest BCUT2D eigenvalue weighted by Crippen LogP contribution is -2.25. The maximum Gasteiger partial charge on any atom is 0.235 e. The maximum absolute atomic E-state index is 6.61. The molecule has 147 heavy (non-hydrogen) atoms. The van der Waals surface area contributed by atoms with Crippen LogP contribution in [0.3, 0.4) is 0 Å². The van der Waals surface area contributed by atoms with E-state index in [1.54, 1.807) is 0 Å². The van der Waals surface area contributed by atoms with Crippen LogP contribution in [0.1, 0.15) is 22.3 Å². The molecule has 1 spiro atoms. The van der Waals surface area contributed by atoms with Crippen molar-refractivity contribution in [3.63, 3.8) is 0 Å². The van der Waals surface area contributed by atoms with Gasteiger partial charge in [-0.15, -0.1) is 0 Å². The Morgan fingerprint density at radius 2 is 0.435 bits per heavy atom. The van der Waals surface area contributed by atoms with Gasteiger partial charge in [-0.3, -0.25) is 4.57 Å². The highest BCUT2D eigenvalue weighted by molar-refractivity contribution is 6.42. The van der Waals surface area contributed by atoms with E-state index in [0.29, 0.717) is 5.95 Å². The van der Waals surface area contributed by atoms with E-state index in [4.69, 9.17) is 18.8 Å². The second kappa shape index (κ2) is 29.3. The number of rotatable bonds is 6. The molecule has 0 atom stereocenters. The first-order valence-corrected chi connectivity index (χ1v) is 50.6. The molecule has 0 fully saturated rings. The zero-order valence-electron chi connectivity index (χ0n) is 78.9. The Balaban J connectivity index is 0.0000000947. The fraction of sp³-hybridized carbons (Fsp3) is 0.00730. The SMILES string of the molecule is c1ccc(-n2c3ccccc3c3nc(-n4c5cccc6c7ccccc7c7cccc8c7c7c(c65)c4ccc7n8-c4ccccc4)ncc32)cc1.c1ccc2c(c1)-c1ccccc1C21c2ccccc2-c2cc(-n3c4cccc5c6ccccc6c6cccc7oc8ccc3c(c8c76)c54)ccc21.c1ccc2c(c1)c1cccc3oc4ccc5c(c4c31)c1c2cccc1n5-c1ccc(-n2c3ccccc3c3ccccc32)cc1. The summed E-state index contributed by atoms with van der Waals surface area (Å²) in [5, 5.41) is 33.4. The highest BCUT2D eigenvalue weighted by atomic mass is 16.3. The molecule has 678 valence electrons. The quantitative estimate of drug-likeness (QED) is 0.166. The predicted molar refractivity (Wildman–Crippen MR) is 610 cm³/mol. The van der Waals surface area contributed by atoms with Crippen LogP contribution in [-0.4, -0.2) is 37.4 Å². The minimum atomic E-state index is -0.355. The summed E-state index contributed by atoms with van der Waals surface area (Å²) in [6, 6.07) is 170. The van der Waals surface area contributed by atoms with Crippen molar-refractivity contribution in [1.29, 1.82) is 0 Å². The van der Waals surface area contributed by atoms with Gasteiger partial charge in [-0.25, -0.2) is 9.97 Å². The molecule has 0 saturated heterocycles. The van der Waals surface area contributed by atoms with Crippen molar-refractivity contribution in [2.75, 3.05) is 0 Å². The van der Waals surface area contributed by atoms with E-state index >= 15 is 0 Å². The minimum absolute atomic E-state index is 0.355. The number of furan rings is 2. The van der Waals surface area contributed by atoms with Crippen LogP contribution in [0.2, 0.25) is 0 Å². The molecule has 0 radical (unpaired) electrons. The van der Waals surface area contributed by atoms with Gasteiger partial charge < -0.3 is 31.7 Å². The summed E-state index contributed by atoms with van der Waals surface area (Å²) in [6.07, 6.45) is 2.00. The molecule has 9 heterocycles. The largest absolute Gasteiger partial charge is 0.456 e. The molecule has 10 nitrogen and oxygen atoms in total. The van der Waals surface area contributed by atoms with E-state index < -0.39 is 0 Å². The van der Waals surface area contributed by atoms with E-state index in [2.05, 4.69) is 495 Å². The van der Waals surface area contributed by atoms with E-state index in [0.717, 1.165) is 83.7 Å². The third-order valence-electron chi connectivity index (χ3n) is 32.9. The molecule has 0 aliphatic heterocycles. The highest BCUT2D eigenvalue weighted by Gasteiger charge is 2.52. The van der Waals surface area contributed by atoms with Crippen LogP contribution < -0.4 is 0 Å². The van der Waals surface area contributed by atoms with Crippen LogP contribution in [0.15, 0.2) is 482 Å². The van der Waals surface area contributed by atoms with Crippen molar-refractivity contribution < 1.29 is 8.83 Å². The van der Waals surface area contributed by atoms with Crippen LogP contribution in [-0.2, 0) is 5.41 Å². The van der Waals surface area contributed by atoms with E-state index in [-0.39, 0.29) is 5.41 Å². The van der Waals surface area contributed by atoms with E-state index in [1.807, 2.05) is 6.20 Å². The first kappa shape index (κ1) is 79.0. The summed E-state index contributed by atoms with van der Waals surface area (Å²) in [6.45, 7) is 0. The van der Waals surface area contributed by atoms with Crippen molar-refractivity contribution in [2.24, 2.45) is 0 Å². The van der Waals surface area contributed by atoms with Gasteiger partial charge in [0.1, 0.15) is 27.8 Å². The molecule has 10 heteroatoms. The normalized spacial score (nSPS) is 13.0. The molecule has 2 aliphatic rings. The van der Waals surface area contributed by atoms with Gasteiger partial charge in [0.05, 0.1) is 77.8 Å². The average Bonchev–Trinajstić information content (AvgIpc) is 1.40. The number of aromatic nitrogens is 8. The number of fused-ring (bicyclic) bond motifs is 25. The fourth-order valence-corrected chi connectivity index (χ4v) is 27.3. The summed E-state index contributed by atoms with van der Waals surface area (Å²) >= 11 is 0. The highest BCUT2D eigenvalue weighted by Crippen LogP contribution is 2.64. The first-order valence-electron chi connectivity index (χ1n) is 50.6. The summed E-state index contributed by atoms with van der Waals surface area (Å²) < 4.78 is 27.4. The van der Waals surface area contributed by atoms with Gasteiger partial charge in [-0.05, 0) is 261 Å². The van der Waals surface area contributed by atoms with Gasteiger partial charge in [0.15, 0.2) is 0 Å². The van der Waals surface area contributed by atoms with Gasteiger partial charge >= 0.3 is 0 Å². The van der Waals surface area contributed by atoms with Gasteiger partial charge in [0.2, 0.25) is 5.95 Å². The molecule has 0 N–H and O–H groups in total. The van der Waals surface area contributed by atoms with Crippen molar-refractivity contribution in [3.8, 4) is 56.6 Å². The Labute approximate surface area is 837 Å². The van der Waals surface area contributed by atoms with Gasteiger partial charge in [-0.2, -0.15) is 0 Å². The number of para-hydroxylation sites is 5. The summed E-state index contributed by atoms with van der Waals surface area (Å²) in [5.41, 5.74) is 34.6. The number of hydrogen-bond acceptors (Lipinski definition) is 4. The zero-order valence-corrected chi connectivity index (χ0v) is 78.9. The molecule has 9 aromatic heterocycles. The Morgan fingerprint density at radius 1 is 0.163 bits per heavy atom. The first-order chi connectivity index (χ1) is 73.0. The molecule has 34 aromatic rings. The Kier molecular flexibility index (Phi) is 15.7. The van der Waals surface area contributed by atoms with Crippen molar-refractivity contribution in [3.05, 3.63) is 496 Å². The van der Waals surface area contributed by atoms with Gasteiger partial charge in [0, 0.05) is 109 Å². The molecule has 0 amide bonds. The minimum Gasteiger partial charge on any atom is -0.456 e. The molecule has 2 aliphatic carbocycles. The molecule has 36 rings (SSSR count). The van der Waals surface area contributed by atoms with Crippen LogP contribution >= 0.6 is 0 Å². The Morgan fingerprint density at radius 3 is 0.871 bits per heavy atom. The number of benzene rings is 22. The summed E-state index contributed by atoms with van der Waals surface area (Å²) in [7, 11) is 0. The van der Waals surface area contributed by atoms with Crippen LogP contribution in [0.25, 0.3) is 296 Å². The lowest BCUT2D eigenvalue weighted by Gasteiger charge is -2.30. The standard InChI is InChI=1S/C49H27NO.C46H27N5.C42H24N2O/c1-2-12-30-29(11-1)34-16-9-21-41-45(34)47-42(25-26-44-48(47)46-35(30)17-10-22-43(46)51-44)50(41)28-23-24-40-36(27-28)33-15-5-8-20-39(33)49(40)37-18-6-3-13-31(37)32-14-4-7-19-38(32)49;1-3-13-28(14-4-1)49-35-22-10-9-19-34(35)45-40(49)27-47-46(48-45)51-37-24-12-21-33-31-18-8-7-17-30(31)32-20-11-23-36-41(32)43-38(25-26-39(51)44(43)42(33)37)50(36)29-15-5-2-6-16-29;1-2-10-28-27(9-1)31-13-7-17-35-39(31)41-36(23-24-38-42(41)40-32(28)14-8-18-37(40)45-38)44(35)26-21-19-25(20-22-26)43-33-15-5-3-11-29(33)30-12-4-6-16-34(30)43/h2*1-27H;1-24H. The lowest BCUT2D eigenvalue weighted by atomic mass is 9.70. The van der Waals surface area contributed by atoms with Gasteiger partial charge in [-0.1, -0.05) is 315 Å². The average molecular weight is 1870 g/mol. The van der Waals surface area contributed by atoms with Gasteiger partial charge in [0.25, 0.3) is 0 Å². The topological polar surface area (TPSA) is 81.6 Å². The van der Waals surface area contributed by atoms with Crippen molar-refractivity contribution >= 4 is 239 Å². The van der Waals surface area contributed by atoms with Crippen LogP contribution in [0.5, 0.6) is 0 Å². The number of nitrogens with zero attached hydrogens (tertiary/aromatic N) is 8. The fourth-order valence-electron chi connectivity index (χ4n) is 27.3. The van der Waals surface area contributed by atoms with Crippen molar-refractivity contribution in [2.45, 2.75) is 5.41 Å². The van der Waals surface area contributed by atoms with E-state index in [1.165, 1.54) is 229 Å². The van der Waals surface area contributed by atoms with Crippen LogP contribution in [0, 0.1) is 0 Å². The summed E-state index contributed by atoms with van der Waals surface area (Å²) in [4.78, 5) is 10.6. The zero-order chi connectivity index (χ0) is 95.4. The molecular formula is C137H78N8O2. The molecule has 0 unspecified atom stereocenters. The van der Waals surface area contributed by atoms with Crippen LogP contribution in [0.4, 0.5) is 0 Å². The summed E-state index contributed by atoms with van der Waals surface area (Å²) in [5.74, 6) is 0.662. The third-order valence-corrected chi connectivity index (χ3v) is 32.9. The predicted octanol–water partition coefficient (Wildman–Crippen LogP) is 35.8. The molecule has 0 saturated carbocycles. The third kappa shape index (κ3) is 10.3. The second-order valence-corrected chi connectivity index (χ2v) is 39.8. The Hall–Kier alpha value is -19.7.